The SMILES string of the molecule is CC(C)=CCC(OCC(=O)O)C1(C)OCC1OCC(=O)O. The fourth-order valence-corrected chi connectivity index (χ4v) is 2.08. The molecule has 2 N–H and O–H groups in total. The van der Waals surface area contributed by atoms with Crippen LogP contribution in [0.2, 0.25) is 0 Å². The van der Waals surface area contributed by atoms with E-state index in [1.54, 1.807) is 6.92 Å². The number of ether oxygens (including phenoxy) is 3. The largest absolute Gasteiger partial charge is 0.480 e. The molecule has 0 spiro atoms. The van der Waals surface area contributed by atoms with Crippen molar-refractivity contribution >= 4 is 11.9 Å². The number of hydrogen-bond acceptors (Lipinski definition) is 5. The molecule has 3 unspecified atom stereocenters. The summed E-state index contributed by atoms with van der Waals surface area (Å²) in [4.78, 5) is 21.3. The van der Waals surface area contributed by atoms with Gasteiger partial charge >= 0.3 is 11.9 Å². The first-order valence-corrected chi connectivity index (χ1v) is 6.69. The van der Waals surface area contributed by atoms with Gasteiger partial charge in [0.15, 0.2) is 0 Å². The van der Waals surface area contributed by atoms with Gasteiger partial charge in [-0.15, -0.1) is 0 Å². The lowest BCUT2D eigenvalue weighted by molar-refractivity contribution is -0.288. The van der Waals surface area contributed by atoms with Crippen molar-refractivity contribution in [2.24, 2.45) is 0 Å². The molecule has 1 aliphatic rings. The standard InChI is InChI=1S/C14H22O7/c1-9(2)4-5-10(19-7-12(15)16)14(3)11(6-21-14)20-8-13(17)18/h4,10-11H,5-8H2,1-3H3,(H,15,16)(H,17,18). The fourth-order valence-electron chi connectivity index (χ4n) is 2.08. The van der Waals surface area contributed by atoms with E-state index in [0.717, 1.165) is 5.57 Å². The fraction of sp³-hybridized carbons (Fsp3) is 0.714. The first-order valence-electron chi connectivity index (χ1n) is 6.69. The third kappa shape index (κ3) is 5.11. The minimum absolute atomic E-state index is 0.269. The van der Waals surface area contributed by atoms with Crippen LogP contribution in [0.4, 0.5) is 0 Å². The minimum Gasteiger partial charge on any atom is -0.480 e. The van der Waals surface area contributed by atoms with Crippen LogP contribution in [0.5, 0.6) is 0 Å². The maximum atomic E-state index is 10.7. The van der Waals surface area contributed by atoms with Crippen molar-refractivity contribution in [3.05, 3.63) is 11.6 Å². The predicted octanol–water partition coefficient (Wildman–Crippen LogP) is 1.07. The van der Waals surface area contributed by atoms with Crippen molar-refractivity contribution in [2.75, 3.05) is 19.8 Å². The molecular formula is C14H22O7. The molecule has 120 valence electrons. The summed E-state index contributed by atoms with van der Waals surface area (Å²) in [6.07, 6.45) is 1.45. The number of allylic oxidation sites excluding steroid dienone is 1. The van der Waals surface area contributed by atoms with Crippen LogP contribution >= 0.6 is 0 Å². The summed E-state index contributed by atoms with van der Waals surface area (Å²) in [6.45, 7) is 5.01. The molecular weight excluding hydrogens is 280 g/mol. The molecule has 3 atom stereocenters. The van der Waals surface area contributed by atoms with Crippen molar-refractivity contribution in [1.82, 2.24) is 0 Å². The summed E-state index contributed by atoms with van der Waals surface area (Å²) >= 11 is 0. The summed E-state index contributed by atoms with van der Waals surface area (Å²) < 4.78 is 16.2. The van der Waals surface area contributed by atoms with Gasteiger partial charge in [-0.1, -0.05) is 11.6 Å². The number of carboxylic acids is 2. The normalized spacial score (nSPS) is 25.8. The second-order valence-electron chi connectivity index (χ2n) is 5.40. The van der Waals surface area contributed by atoms with Crippen LogP contribution < -0.4 is 0 Å². The highest BCUT2D eigenvalue weighted by molar-refractivity contribution is 5.68. The molecule has 1 saturated heterocycles. The Balaban J connectivity index is 2.72. The van der Waals surface area contributed by atoms with Gasteiger partial charge in [0, 0.05) is 0 Å². The number of carboxylic acid groups (broad SMARTS) is 2. The van der Waals surface area contributed by atoms with E-state index in [4.69, 9.17) is 24.4 Å². The first-order chi connectivity index (χ1) is 9.75. The van der Waals surface area contributed by atoms with Crippen molar-refractivity contribution in [3.8, 4) is 0 Å². The smallest absolute Gasteiger partial charge is 0.329 e. The molecule has 0 saturated carbocycles. The highest BCUT2D eigenvalue weighted by Crippen LogP contribution is 2.36. The van der Waals surface area contributed by atoms with Gasteiger partial charge in [-0.2, -0.15) is 0 Å². The van der Waals surface area contributed by atoms with Gasteiger partial charge in [0.05, 0.1) is 12.7 Å². The van der Waals surface area contributed by atoms with E-state index in [1.165, 1.54) is 0 Å². The Bertz CT molecular complexity index is 414. The Kier molecular flexibility index (Phi) is 6.32. The van der Waals surface area contributed by atoms with Crippen molar-refractivity contribution < 1.29 is 34.0 Å². The van der Waals surface area contributed by atoms with E-state index in [1.807, 2.05) is 19.9 Å². The number of carbonyl (C=O) groups is 2. The Labute approximate surface area is 123 Å². The highest BCUT2D eigenvalue weighted by Gasteiger charge is 2.51. The van der Waals surface area contributed by atoms with Crippen molar-refractivity contribution in [1.29, 1.82) is 0 Å². The van der Waals surface area contributed by atoms with Crippen LogP contribution in [-0.2, 0) is 23.8 Å². The van der Waals surface area contributed by atoms with E-state index in [2.05, 4.69) is 0 Å². The highest BCUT2D eigenvalue weighted by atomic mass is 16.6. The quantitative estimate of drug-likeness (QED) is 0.614. The molecule has 0 aromatic carbocycles. The number of rotatable bonds is 9. The topological polar surface area (TPSA) is 102 Å². The van der Waals surface area contributed by atoms with Crippen LogP contribution in [-0.4, -0.2) is 59.8 Å². The van der Waals surface area contributed by atoms with Gasteiger partial charge in [-0.3, -0.25) is 0 Å². The van der Waals surface area contributed by atoms with Crippen LogP contribution in [0.25, 0.3) is 0 Å². The van der Waals surface area contributed by atoms with Gasteiger partial charge in [0.1, 0.15) is 24.9 Å². The van der Waals surface area contributed by atoms with Crippen LogP contribution in [0.1, 0.15) is 27.2 Å². The second-order valence-corrected chi connectivity index (χ2v) is 5.40. The molecule has 0 aromatic rings. The third-order valence-electron chi connectivity index (χ3n) is 3.38. The minimum atomic E-state index is -1.07. The molecule has 7 nitrogen and oxygen atoms in total. The molecule has 1 fully saturated rings. The van der Waals surface area contributed by atoms with Gasteiger partial charge in [0.25, 0.3) is 0 Å². The number of hydrogen-bond donors (Lipinski definition) is 2. The zero-order valence-corrected chi connectivity index (χ0v) is 12.5. The summed E-state index contributed by atoms with van der Waals surface area (Å²) in [5.74, 6) is -2.13. The lowest BCUT2D eigenvalue weighted by Crippen LogP contribution is -2.64. The molecule has 1 heterocycles. The van der Waals surface area contributed by atoms with Gasteiger partial charge in [0.2, 0.25) is 0 Å². The zero-order chi connectivity index (χ0) is 16.0. The lowest BCUT2D eigenvalue weighted by Gasteiger charge is -2.50. The second kappa shape index (κ2) is 7.53. The van der Waals surface area contributed by atoms with Gasteiger partial charge in [-0.25, -0.2) is 9.59 Å². The Morgan fingerprint density at radius 3 is 2.38 bits per heavy atom. The van der Waals surface area contributed by atoms with Gasteiger partial charge in [-0.05, 0) is 27.2 Å². The predicted molar refractivity (Wildman–Crippen MR) is 73.2 cm³/mol. The van der Waals surface area contributed by atoms with Gasteiger partial charge < -0.3 is 24.4 Å². The van der Waals surface area contributed by atoms with E-state index < -0.39 is 43.0 Å². The summed E-state index contributed by atoms with van der Waals surface area (Å²) in [7, 11) is 0. The molecule has 0 radical (unpaired) electrons. The van der Waals surface area contributed by atoms with E-state index in [-0.39, 0.29) is 6.61 Å². The molecule has 21 heavy (non-hydrogen) atoms. The molecule has 0 amide bonds. The zero-order valence-electron chi connectivity index (χ0n) is 12.5. The Morgan fingerprint density at radius 1 is 1.33 bits per heavy atom. The van der Waals surface area contributed by atoms with Crippen molar-refractivity contribution in [2.45, 2.75) is 45.0 Å². The molecule has 7 heteroatoms. The molecule has 0 aromatic heterocycles. The molecule has 1 rings (SSSR count). The molecule has 1 aliphatic heterocycles. The average molecular weight is 302 g/mol. The maximum Gasteiger partial charge on any atom is 0.329 e. The monoisotopic (exact) mass is 302 g/mol. The van der Waals surface area contributed by atoms with E-state index >= 15 is 0 Å². The summed E-state index contributed by atoms with van der Waals surface area (Å²) in [6, 6.07) is 0. The van der Waals surface area contributed by atoms with E-state index in [0.29, 0.717) is 6.42 Å². The Morgan fingerprint density at radius 2 is 1.95 bits per heavy atom. The number of aliphatic carboxylic acids is 2. The van der Waals surface area contributed by atoms with E-state index in [9.17, 15) is 9.59 Å². The molecule has 0 aliphatic carbocycles. The summed E-state index contributed by atoms with van der Waals surface area (Å²) in [5, 5.41) is 17.4. The van der Waals surface area contributed by atoms with Crippen LogP contribution in [0, 0.1) is 0 Å². The molecule has 0 bridgehead atoms. The first kappa shape index (κ1) is 17.6. The van der Waals surface area contributed by atoms with Crippen LogP contribution in [0.15, 0.2) is 11.6 Å². The average Bonchev–Trinajstić information content (AvgIpc) is 2.35. The van der Waals surface area contributed by atoms with Crippen molar-refractivity contribution in [3.63, 3.8) is 0 Å². The lowest BCUT2D eigenvalue weighted by atomic mass is 9.85. The maximum absolute atomic E-state index is 10.7. The Hall–Kier alpha value is -1.44. The van der Waals surface area contributed by atoms with Crippen LogP contribution in [0.3, 0.4) is 0 Å². The summed E-state index contributed by atoms with van der Waals surface area (Å²) in [5.41, 5.74) is 0.224. The third-order valence-corrected chi connectivity index (χ3v) is 3.38.